The van der Waals surface area contributed by atoms with E-state index in [-0.39, 0.29) is 0 Å². The molecule has 0 N–H and O–H groups in total. The van der Waals surface area contributed by atoms with Gasteiger partial charge < -0.3 is 4.57 Å². The van der Waals surface area contributed by atoms with Crippen LogP contribution in [-0.4, -0.2) is 15.5 Å². The van der Waals surface area contributed by atoms with E-state index in [9.17, 15) is 8.78 Å². The van der Waals surface area contributed by atoms with Gasteiger partial charge in [-0.2, -0.15) is 0 Å². The van der Waals surface area contributed by atoms with Gasteiger partial charge >= 0.3 is 0 Å². The quantitative estimate of drug-likeness (QED) is 0.436. The molecule has 2 aromatic carbocycles. The van der Waals surface area contributed by atoms with Crippen LogP contribution in [0.2, 0.25) is 0 Å². The van der Waals surface area contributed by atoms with Crippen molar-refractivity contribution in [2.75, 3.05) is 0 Å². The first-order valence-electron chi connectivity index (χ1n) is 11.0. The van der Waals surface area contributed by atoms with Crippen LogP contribution < -0.4 is 0 Å². The molecular weight excluding hydrogens is 378 g/mol. The van der Waals surface area contributed by atoms with Gasteiger partial charge in [-0.05, 0) is 55.2 Å². The molecule has 0 saturated heterocycles. The van der Waals surface area contributed by atoms with Gasteiger partial charge in [0.25, 0.3) is 0 Å². The lowest BCUT2D eigenvalue weighted by molar-refractivity contribution is 0.136. The van der Waals surface area contributed by atoms with Crippen molar-refractivity contribution < 1.29 is 8.78 Å². The van der Waals surface area contributed by atoms with E-state index in [4.69, 9.17) is 0 Å². The highest BCUT2D eigenvalue weighted by atomic mass is 19.2. The molecule has 0 unspecified atom stereocenters. The fourth-order valence-electron chi connectivity index (χ4n) is 4.60. The Morgan fingerprint density at radius 3 is 2.47 bits per heavy atom. The van der Waals surface area contributed by atoms with E-state index in [1.165, 1.54) is 61.1 Å². The SMILES string of the molecule is Cc1cccc(Cn2cccc2CN(Cc2ccc(F)c(F)c2)C2CCCCC2)c1. The summed E-state index contributed by atoms with van der Waals surface area (Å²) in [6, 6.07) is 17.7. The molecule has 158 valence electrons. The van der Waals surface area contributed by atoms with Gasteiger partial charge in [0.15, 0.2) is 11.6 Å². The fraction of sp³-hybridized carbons (Fsp3) is 0.385. The van der Waals surface area contributed by atoms with Crippen LogP contribution in [0, 0.1) is 18.6 Å². The number of benzene rings is 2. The van der Waals surface area contributed by atoms with E-state index >= 15 is 0 Å². The van der Waals surface area contributed by atoms with E-state index in [2.05, 4.69) is 59.0 Å². The Balaban J connectivity index is 1.54. The fourth-order valence-corrected chi connectivity index (χ4v) is 4.60. The molecule has 0 atom stereocenters. The van der Waals surface area contributed by atoms with Gasteiger partial charge in [0.2, 0.25) is 0 Å². The summed E-state index contributed by atoms with van der Waals surface area (Å²) in [5.41, 5.74) is 4.64. The molecule has 0 spiro atoms. The first-order valence-corrected chi connectivity index (χ1v) is 11.0. The first-order chi connectivity index (χ1) is 14.6. The molecule has 0 bridgehead atoms. The Labute approximate surface area is 178 Å². The zero-order valence-electron chi connectivity index (χ0n) is 17.7. The third-order valence-corrected chi connectivity index (χ3v) is 6.18. The number of hydrogen-bond acceptors (Lipinski definition) is 1. The van der Waals surface area contributed by atoms with Gasteiger partial charge in [-0.25, -0.2) is 8.78 Å². The van der Waals surface area contributed by atoms with Crippen molar-refractivity contribution in [1.29, 1.82) is 0 Å². The number of rotatable bonds is 7. The predicted molar refractivity (Wildman–Crippen MR) is 117 cm³/mol. The number of aryl methyl sites for hydroxylation is 1. The second-order valence-corrected chi connectivity index (χ2v) is 8.56. The van der Waals surface area contributed by atoms with Gasteiger partial charge in [0, 0.05) is 37.6 Å². The van der Waals surface area contributed by atoms with E-state index in [0.29, 0.717) is 12.6 Å². The monoisotopic (exact) mass is 408 g/mol. The maximum atomic E-state index is 13.8. The zero-order valence-corrected chi connectivity index (χ0v) is 17.7. The van der Waals surface area contributed by atoms with Crippen LogP contribution in [0.15, 0.2) is 60.8 Å². The molecular formula is C26H30F2N2. The topological polar surface area (TPSA) is 8.17 Å². The number of halogens is 2. The minimum absolute atomic E-state index is 0.481. The maximum Gasteiger partial charge on any atom is 0.159 e. The molecule has 1 saturated carbocycles. The third kappa shape index (κ3) is 5.17. The molecule has 1 aromatic heterocycles. The summed E-state index contributed by atoms with van der Waals surface area (Å²) in [6.07, 6.45) is 8.24. The molecule has 4 heteroatoms. The number of aromatic nitrogens is 1. The third-order valence-electron chi connectivity index (χ3n) is 6.18. The summed E-state index contributed by atoms with van der Waals surface area (Å²) in [5, 5.41) is 0. The van der Waals surface area contributed by atoms with Crippen molar-refractivity contribution in [2.24, 2.45) is 0 Å². The van der Waals surface area contributed by atoms with Gasteiger partial charge in [-0.15, -0.1) is 0 Å². The Kier molecular flexibility index (Phi) is 6.63. The minimum Gasteiger partial charge on any atom is -0.346 e. The predicted octanol–water partition coefficient (Wildman–Crippen LogP) is 6.46. The first kappa shape index (κ1) is 20.8. The lowest BCUT2D eigenvalue weighted by atomic mass is 9.93. The van der Waals surface area contributed by atoms with Crippen molar-refractivity contribution >= 4 is 0 Å². The summed E-state index contributed by atoms with van der Waals surface area (Å²) < 4.78 is 29.5. The van der Waals surface area contributed by atoms with Crippen molar-refractivity contribution in [3.05, 3.63) is 94.8 Å². The number of hydrogen-bond donors (Lipinski definition) is 0. The second kappa shape index (κ2) is 9.57. The van der Waals surface area contributed by atoms with Crippen LogP contribution in [0.25, 0.3) is 0 Å². The lowest BCUT2D eigenvalue weighted by Crippen LogP contribution is -2.36. The highest BCUT2D eigenvalue weighted by Gasteiger charge is 2.23. The molecule has 4 rings (SSSR count). The molecule has 0 radical (unpaired) electrons. The van der Waals surface area contributed by atoms with Crippen molar-refractivity contribution in [3.63, 3.8) is 0 Å². The summed E-state index contributed by atoms with van der Waals surface area (Å²) in [4.78, 5) is 2.45. The zero-order chi connectivity index (χ0) is 20.9. The summed E-state index contributed by atoms with van der Waals surface area (Å²) in [6.45, 7) is 4.40. The van der Waals surface area contributed by atoms with Crippen molar-refractivity contribution in [2.45, 2.75) is 64.7 Å². The van der Waals surface area contributed by atoms with Gasteiger partial charge in [-0.3, -0.25) is 4.90 Å². The Hall–Kier alpha value is -2.46. The molecule has 1 fully saturated rings. The molecule has 1 aliphatic carbocycles. The molecule has 0 aliphatic heterocycles. The smallest absolute Gasteiger partial charge is 0.159 e. The Morgan fingerprint density at radius 1 is 0.867 bits per heavy atom. The molecule has 2 nitrogen and oxygen atoms in total. The lowest BCUT2D eigenvalue weighted by Gasteiger charge is -2.34. The minimum atomic E-state index is -0.782. The van der Waals surface area contributed by atoms with E-state index in [1.54, 1.807) is 6.07 Å². The van der Waals surface area contributed by atoms with E-state index in [1.807, 2.05) is 0 Å². The van der Waals surface area contributed by atoms with Crippen LogP contribution in [-0.2, 0) is 19.6 Å². The summed E-state index contributed by atoms with van der Waals surface area (Å²) >= 11 is 0. The van der Waals surface area contributed by atoms with Crippen LogP contribution in [0.4, 0.5) is 8.78 Å². The van der Waals surface area contributed by atoms with E-state index in [0.717, 1.165) is 18.7 Å². The molecule has 1 aliphatic rings. The van der Waals surface area contributed by atoms with Gasteiger partial charge in [-0.1, -0.05) is 55.2 Å². The van der Waals surface area contributed by atoms with Crippen molar-refractivity contribution in [3.8, 4) is 0 Å². The maximum absolute atomic E-state index is 13.8. The Morgan fingerprint density at radius 2 is 1.70 bits per heavy atom. The highest BCUT2D eigenvalue weighted by molar-refractivity contribution is 5.24. The number of nitrogens with zero attached hydrogens (tertiary/aromatic N) is 2. The molecule has 3 aromatic rings. The summed E-state index contributed by atoms with van der Waals surface area (Å²) in [7, 11) is 0. The molecule has 1 heterocycles. The average molecular weight is 409 g/mol. The van der Waals surface area contributed by atoms with Crippen LogP contribution in [0.5, 0.6) is 0 Å². The molecule has 0 amide bonds. The largest absolute Gasteiger partial charge is 0.346 e. The standard InChI is InChI=1S/C26H30F2N2/c1-20-7-5-8-21(15-20)17-29-14-6-11-24(29)19-30(23-9-3-2-4-10-23)18-22-12-13-25(27)26(28)16-22/h5-8,11-16,23H,2-4,9-10,17-19H2,1H3. The van der Waals surface area contributed by atoms with Gasteiger partial charge in [0.1, 0.15) is 0 Å². The highest BCUT2D eigenvalue weighted by Crippen LogP contribution is 2.26. The average Bonchev–Trinajstić information content (AvgIpc) is 3.17. The Bertz CT molecular complexity index is 973. The normalized spacial score (nSPS) is 15.1. The van der Waals surface area contributed by atoms with Gasteiger partial charge in [0.05, 0.1) is 0 Å². The van der Waals surface area contributed by atoms with Crippen molar-refractivity contribution in [1.82, 2.24) is 9.47 Å². The van der Waals surface area contributed by atoms with Crippen LogP contribution in [0.1, 0.15) is 54.5 Å². The van der Waals surface area contributed by atoms with Crippen LogP contribution in [0.3, 0.4) is 0 Å². The molecule has 30 heavy (non-hydrogen) atoms. The summed E-state index contributed by atoms with van der Waals surface area (Å²) in [5.74, 6) is -1.55. The van der Waals surface area contributed by atoms with E-state index < -0.39 is 11.6 Å². The van der Waals surface area contributed by atoms with Crippen LogP contribution >= 0.6 is 0 Å². The second-order valence-electron chi connectivity index (χ2n) is 8.56.